The predicted molar refractivity (Wildman–Crippen MR) is 97.7 cm³/mol. The van der Waals surface area contributed by atoms with Crippen LogP contribution in [0.5, 0.6) is 0 Å². The first-order valence-electron chi connectivity index (χ1n) is 8.33. The number of nitrogens with zero attached hydrogens (tertiary/aromatic N) is 3. The molecule has 0 N–H and O–H groups in total. The molecule has 0 atom stereocenters. The Kier molecular flexibility index (Phi) is 4.12. The molecule has 4 rings (SSSR count). The van der Waals surface area contributed by atoms with Gasteiger partial charge >= 0.3 is 5.97 Å². The van der Waals surface area contributed by atoms with Crippen molar-refractivity contribution in [3.63, 3.8) is 0 Å². The minimum absolute atomic E-state index is 0.0135. The molecule has 1 aromatic heterocycles. The summed E-state index contributed by atoms with van der Waals surface area (Å²) in [7, 11) is 1.70. The maximum atomic E-state index is 12.4. The van der Waals surface area contributed by atoms with E-state index in [9.17, 15) is 14.4 Å². The van der Waals surface area contributed by atoms with Gasteiger partial charge in [0.05, 0.1) is 23.0 Å². The first-order chi connectivity index (χ1) is 13.0. The predicted octanol–water partition coefficient (Wildman–Crippen LogP) is 2.19. The summed E-state index contributed by atoms with van der Waals surface area (Å²) in [6.07, 6.45) is 3.38. The molecule has 0 aliphatic carbocycles. The summed E-state index contributed by atoms with van der Waals surface area (Å²) in [5.74, 6) is -0.943. The maximum Gasteiger partial charge on any atom is 0.338 e. The summed E-state index contributed by atoms with van der Waals surface area (Å²) in [5, 5.41) is 0. The molecule has 2 heterocycles. The SMILES string of the molecule is CN1C(=O)Cc2cc(C(=O)COC(=O)c3ccc4nccnc4c3)ccc21. The molecule has 27 heavy (non-hydrogen) atoms. The van der Waals surface area contributed by atoms with E-state index in [1.54, 1.807) is 54.5 Å². The average Bonchev–Trinajstić information content (AvgIpc) is 2.98. The molecular formula is C20H15N3O4. The number of hydrogen-bond donors (Lipinski definition) is 0. The second-order valence-electron chi connectivity index (χ2n) is 6.23. The smallest absolute Gasteiger partial charge is 0.338 e. The number of fused-ring (bicyclic) bond motifs is 2. The van der Waals surface area contributed by atoms with Crippen LogP contribution in [0, 0.1) is 0 Å². The largest absolute Gasteiger partial charge is 0.454 e. The number of likely N-dealkylation sites (N-methyl/N-ethyl adjacent to an activating group) is 1. The third-order valence-electron chi connectivity index (χ3n) is 4.52. The van der Waals surface area contributed by atoms with Crippen molar-refractivity contribution in [1.82, 2.24) is 9.97 Å². The van der Waals surface area contributed by atoms with Crippen LogP contribution in [0.1, 0.15) is 26.3 Å². The molecule has 0 fully saturated rings. The monoisotopic (exact) mass is 361 g/mol. The molecular weight excluding hydrogens is 346 g/mol. The molecule has 0 unspecified atom stereocenters. The van der Waals surface area contributed by atoms with Crippen LogP contribution in [0.2, 0.25) is 0 Å². The summed E-state index contributed by atoms with van der Waals surface area (Å²) in [4.78, 5) is 46.2. The maximum absolute atomic E-state index is 12.4. The lowest BCUT2D eigenvalue weighted by Gasteiger charge is -2.10. The van der Waals surface area contributed by atoms with Crippen LogP contribution < -0.4 is 4.90 Å². The van der Waals surface area contributed by atoms with E-state index in [-0.39, 0.29) is 24.7 Å². The van der Waals surface area contributed by atoms with Gasteiger partial charge in [-0.25, -0.2) is 4.79 Å². The summed E-state index contributed by atoms with van der Waals surface area (Å²) in [6, 6.07) is 9.88. The number of Topliss-reactive ketones (excluding diaryl/α,β-unsaturated/α-hetero) is 1. The second-order valence-corrected chi connectivity index (χ2v) is 6.23. The van der Waals surface area contributed by atoms with Crippen molar-refractivity contribution in [2.24, 2.45) is 0 Å². The molecule has 1 aliphatic rings. The average molecular weight is 361 g/mol. The van der Waals surface area contributed by atoms with Crippen LogP contribution in [-0.4, -0.2) is 41.3 Å². The zero-order chi connectivity index (χ0) is 19.0. The van der Waals surface area contributed by atoms with E-state index < -0.39 is 5.97 Å². The molecule has 0 spiro atoms. The van der Waals surface area contributed by atoms with Gasteiger partial charge in [-0.2, -0.15) is 0 Å². The van der Waals surface area contributed by atoms with Crippen LogP contribution in [0.4, 0.5) is 5.69 Å². The molecule has 0 bridgehead atoms. The van der Waals surface area contributed by atoms with Gasteiger partial charge < -0.3 is 9.64 Å². The van der Waals surface area contributed by atoms with E-state index in [2.05, 4.69) is 9.97 Å². The zero-order valence-corrected chi connectivity index (χ0v) is 14.5. The molecule has 2 aromatic carbocycles. The Morgan fingerprint density at radius 3 is 2.59 bits per heavy atom. The number of esters is 1. The molecule has 3 aromatic rings. The Morgan fingerprint density at radius 2 is 1.78 bits per heavy atom. The molecule has 0 saturated carbocycles. The highest BCUT2D eigenvalue weighted by atomic mass is 16.5. The number of amides is 1. The standard InChI is InChI=1S/C20H15N3O4/c1-23-17-5-3-12(8-14(17)10-19(23)25)18(24)11-27-20(26)13-2-4-15-16(9-13)22-7-6-21-15/h2-9H,10-11H2,1H3. The van der Waals surface area contributed by atoms with Crippen LogP contribution >= 0.6 is 0 Å². The fourth-order valence-corrected chi connectivity index (χ4v) is 3.03. The van der Waals surface area contributed by atoms with Crippen molar-refractivity contribution in [2.45, 2.75) is 6.42 Å². The lowest BCUT2D eigenvalue weighted by Crippen LogP contribution is -2.20. The fraction of sp³-hybridized carbons (Fsp3) is 0.150. The summed E-state index contributed by atoms with van der Waals surface area (Å²) in [6.45, 7) is -0.375. The molecule has 134 valence electrons. The highest BCUT2D eigenvalue weighted by Crippen LogP contribution is 2.28. The number of anilines is 1. The molecule has 0 radical (unpaired) electrons. The number of ketones is 1. The van der Waals surface area contributed by atoms with Gasteiger partial charge in [0.15, 0.2) is 12.4 Å². The van der Waals surface area contributed by atoms with E-state index >= 15 is 0 Å². The topological polar surface area (TPSA) is 89.5 Å². The summed E-state index contributed by atoms with van der Waals surface area (Å²) in [5.41, 5.74) is 3.55. The Balaban J connectivity index is 1.45. The van der Waals surface area contributed by atoms with Gasteiger partial charge in [0.1, 0.15) is 0 Å². The Labute approximate surface area is 154 Å². The van der Waals surface area contributed by atoms with Crippen molar-refractivity contribution in [2.75, 3.05) is 18.6 Å². The molecule has 1 amide bonds. The van der Waals surface area contributed by atoms with Crippen LogP contribution in [-0.2, 0) is 16.0 Å². The normalized spacial score (nSPS) is 12.9. The van der Waals surface area contributed by atoms with Gasteiger partial charge in [0.25, 0.3) is 0 Å². The third kappa shape index (κ3) is 3.15. The van der Waals surface area contributed by atoms with Gasteiger partial charge in [0.2, 0.25) is 5.91 Å². The quantitative estimate of drug-likeness (QED) is 0.523. The number of ether oxygens (including phenoxy) is 1. The lowest BCUT2D eigenvalue weighted by atomic mass is 10.1. The number of carbonyl (C=O) groups excluding carboxylic acids is 3. The van der Waals surface area contributed by atoms with Crippen molar-refractivity contribution < 1.29 is 19.1 Å². The lowest BCUT2D eigenvalue weighted by molar-refractivity contribution is -0.117. The van der Waals surface area contributed by atoms with Crippen LogP contribution in [0.25, 0.3) is 11.0 Å². The van der Waals surface area contributed by atoms with Crippen LogP contribution in [0.15, 0.2) is 48.8 Å². The number of aromatic nitrogens is 2. The molecule has 7 nitrogen and oxygen atoms in total. The third-order valence-corrected chi connectivity index (χ3v) is 4.52. The van der Waals surface area contributed by atoms with E-state index in [0.29, 0.717) is 22.2 Å². The summed E-state index contributed by atoms with van der Waals surface area (Å²) < 4.78 is 5.14. The summed E-state index contributed by atoms with van der Waals surface area (Å²) >= 11 is 0. The van der Waals surface area contributed by atoms with Crippen LogP contribution in [0.3, 0.4) is 0 Å². The van der Waals surface area contributed by atoms with Gasteiger partial charge in [0, 0.05) is 30.7 Å². The Hall–Kier alpha value is -3.61. The minimum Gasteiger partial charge on any atom is -0.454 e. The van der Waals surface area contributed by atoms with Gasteiger partial charge in [-0.15, -0.1) is 0 Å². The fourth-order valence-electron chi connectivity index (χ4n) is 3.03. The molecule has 1 aliphatic heterocycles. The molecule has 0 saturated heterocycles. The van der Waals surface area contributed by atoms with Crippen molar-refractivity contribution in [3.8, 4) is 0 Å². The van der Waals surface area contributed by atoms with Crippen molar-refractivity contribution >= 4 is 34.4 Å². The van der Waals surface area contributed by atoms with E-state index in [1.165, 1.54) is 6.20 Å². The van der Waals surface area contributed by atoms with Gasteiger partial charge in [-0.05, 0) is 42.0 Å². The number of benzene rings is 2. The second kappa shape index (κ2) is 6.60. The Morgan fingerprint density at radius 1 is 1.04 bits per heavy atom. The number of carbonyl (C=O) groups is 3. The van der Waals surface area contributed by atoms with Crippen molar-refractivity contribution in [3.05, 3.63) is 65.5 Å². The van der Waals surface area contributed by atoms with E-state index in [4.69, 9.17) is 4.74 Å². The first-order valence-corrected chi connectivity index (χ1v) is 8.33. The van der Waals surface area contributed by atoms with Gasteiger partial charge in [-0.3, -0.25) is 19.6 Å². The first kappa shape index (κ1) is 16.8. The minimum atomic E-state index is -0.605. The number of rotatable bonds is 4. The van der Waals surface area contributed by atoms with E-state index in [0.717, 1.165) is 11.3 Å². The highest BCUT2D eigenvalue weighted by Gasteiger charge is 2.25. The zero-order valence-electron chi connectivity index (χ0n) is 14.5. The Bertz CT molecular complexity index is 1090. The van der Waals surface area contributed by atoms with E-state index in [1.807, 2.05) is 0 Å². The van der Waals surface area contributed by atoms with Gasteiger partial charge in [-0.1, -0.05) is 0 Å². The van der Waals surface area contributed by atoms with Crippen molar-refractivity contribution in [1.29, 1.82) is 0 Å². The highest BCUT2D eigenvalue weighted by molar-refractivity contribution is 6.04. The number of hydrogen-bond acceptors (Lipinski definition) is 6. The molecule has 7 heteroatoms.